The molecule has 7 heavy (non-hydrogen) atoms. The van der Waals surface area contributed by atoms with Gasteiger partial charge < -0.3 is 9.84 Å². The molecule has 1 atom stereocenters. The van der Waals surface area contributed by atoms with Gasteiger partial charge in [-0.25, -0.2) is 0 Å². The molecule has 0 saturated carbocycles. The maximum absolute atomic E-state index is 8.43. The smallest absolute Gasteiger partial charge is 0.151 e. The zero-order chi connectivity index (χ0) is 5.70. The van der Waals surface area contributed by atoms with E-state index in [2.05, 4.69) is 17.4 Å². The van der Waals surface area contributed by atoms with Gasteiger partial charge in [-0.15, -0.1) is 0 Å². The van der Waals surface area contributed by atoms with Crippen molar-refractivity contribution in [3.8, 4) is 0 Å². The van der Waals surface area contributed by atoms with Crippen LogP contribution >= 0.6 is 12.6 Å². The van der Waals surface area contributed by atoms with Crippen molar-refractivity contribution in [2.45, 2.75) is 13.2 Å². The molecule has 0 spiro atoms. The highest BCUT2D eigenvalue weighted by molar-refractivity contribution is 7.80. The van der Waals surface area contributed by atoms with Crippen molar-refractivity contribution in [2.24, 2.45) is 0 Å². The minimum absolute atomic E-state index is 0.515. The highest BCUT2D eigenvalue weighted by Crippen LogP contribution is 1.83. The molecule has 1 N–H and O–H groups in total. The van der Waals surface area contributed by atoms with Gasteiger partial charge >= 0.3 is 0 Å². The van der Waals surface area contributed by atoms with Crippen LogP contribution in [0.2, 0.25) is 0 Å². The van der Waals surface area contributed by atoms with E-state index in [-0.39, 0.29) is 0 Å². The Kier molecular flexibility index (Phi) is 4.60. The summed E-state index contributed by atoms with van der Waals surface area (Å²) in [6, 6.07) is 0. The van der Waals surface area contributed by atoms with Crippen LogP contribution in [0.15, 0.2) is 0 Å². The van der Waals surface area contributed by atoms with Crippen LogP contribution in [0.4, 0.5) is 0 Å². The molecule has 0 rings (SSSR count). The second-order valence-electron chi connectivity index (χ2n) is 1.19. The maximum atomic E-state index is 8.43. The highest BCUT2D eigenvalue weighted by Gasteiger charge is 1.88. The Morgan fingerprint density at radius 1 is 1.86 bits per heavy atom. The minimum atomic E-state index is -0.646. The summed E-state index contributed by atoms with van der Waals surface area (Å²) in [6.07, 6.45) is -0.646. The second kappa shape index (κ2) is 4.43. The van der Waals surface area contributed by atoms with E-state index < -0.39 is 6.29 Å². The molecule has 44 valence electrons. The standard InChI is InChI=1S/C4H10O2S/c1-4(5)6-2-3-7/h4-5,7H,2-3H2,1H3/t4-/m0/s1. The average molecular weight is 122 g/mol. The lowest BCUT2D eigenvalue weighted by Gasteiger charge is -2.01. The quantitative estimate of drug-likeness (QED) is 0.415. The topological polar surface area (TPSA) is 29.5 Å². The van der Waals surface area contributed by atoms with Gasteiger partial charge in [0.25, 0.3) is 0 Å². The van der Waals surface area contributed by atoms with Gasteiger partial charge in [-0.05, 0) is 6.92 Å². The molecule has 0 aromatic heterocycles. The van der Waals surface area contributed by atoms with Crippen LogP contribution < -0.4 is 0 Å². The van der Waals surface area contributed by atoms with Crippen molar-refractivity contribution >= 4 is 12.6 Å². The van der Waals surface area contributed by atoms with E-state index in [1.807, 2.05) is 0 Å². The molecule has 0 bridgehead atoms. The lowest BCUT2D eigenvalue weighted by atomic mass is 10.7. The van der Waals surface area contributed by atoms with Crippen LogP contribution in [-0.4, -0.2) is 23.8 Å². The number of hydrogen-bond acceptors (Lipinski definition) is 3. The number of aliphatic hydroxyl groups is 1. The summed E-state index contributed by atoms with van der Waals surface area (Å²) in [4.78, 5) is 0. The first-order valence-electron chi connectivity index (χ1n) is 2.18. The van der Waals surface area contributed by atoms with Crippen molar-refractivity contribution in [3.63, 3.8) is 0 Å². The molecule has 0 fully saturated rings. The minimum Gasteiger partial charge on any atom is -0.368 e. The molecule has 0 aliphatic rings. The Hall–Kier alpha value is 0.270. The number of aliphatic hydroxyl groups excluding tert-OH is 1. The molecule has 0 aromatic carbocycles. The lowest BCUT2D eigenvalue weighted by molar-refractivity contribution is -0.0789. The van der Waals surface area contributed by atoms with Crippen molar-refractivity contribution in [2.75, 3.05) is 12.4 Å². The monoisotopic (exact) mass is 122 g/mol. The molecule has 3 heteroatoms. The van der Waals surface area contributed by atoms with Gasteiger partial charge in [0, 0.05) is 5.75 Å². The van der Waals surface area contributed by atoms with Gasteiger partial charge in [0.15, 0.2) is 6.29 Å². The summed E-state index contributed by atoms with van der Waals surface area (Å²) >= 11 is 3.86. The molecule has 0 saturated heterocycles. The van der Waals surface area contributed by atoms with Crippen molar-refractivity contribution in [1.82, 2.24) is 0 Å². The Morgan fingerprint density at radius 2 is 2.43 bits per heavy atom. The van der Waals surface area contributed by atoms with Crippen molar-refractivity contribution < 1.29 is 9.84 Å². The van der Waals surface area contributed by atoms with Crippen LogP contribution in [0.1, 0.15) is 6.92 Å². The van der Waals surface area contributed by atoms with E-state index in [9.17, 15) is 0 Å². The predicted molar refractivity (Wildman–Crippen MR) is 31.5 cm³/mol. The van der Waals surface area contributed by atoms with Crippen LogP contribution in [0.25, 0.3) is 0 Å². The normalized spacial score (nSPS) is 14.1. The summed E-state index contributed by atoms with van der Waals surface area (Å²) in [7, 11) is 0. The lowest BCUT2D eigenvalue weighted by Crippen LogP contribution is -2.07. The first-order valence-corrected chi connectivity index (χ1v) is 2.81. The number of rotatable bonds is 3. The number of hydrogen-bond donors (Lipinski definition) is 2. The van der Waals surface area contributed by atoms with Gasteiger partial charge in [0.1, 0.15) is 0 Å². The Morgan fingerprint density at radius 3 is 2.57 bits per heavy atom. The molecule has 0 aromatic rings. The number of thiol groups is 1. The fourth-order valence-electron chi connectivity index (χ4n) is 0.223. The van der Waals surface area contributed by atoms with E-state index in [0.717, 1.165) is 0 Å². The summed E-state index contributed by atoms with van der Waals surface area (Å²) in [5.74, 6) is 0.658. The summed E-state index contributed by atoms with van der Waals surface area (Å²) in [5.41, 5.74) is 0. The SMILES string of the molecule is C[C@@H](O)OCCS. The van der Waals surface area contributed by atoms with Gasteiger partial charge in [0.05, 0.1) is 6.61 Å². The molecule has 0 unspecified atom stereocenters. The van der Waals surface area contributed by atoms with Crippen LogP contribution in [0, 0.1) is 0 Å². The Labute approximate surface area is 48.9 Å². The third kappa shape index (κ3) is 6.27. The number of ether oxygens (including phenoxy) is 1. The van der Waals surface area contributed by atoms with Crippen molar-refractivity contribution in [3.05, 3.63) is 0 Å². The van der Waals surface area contributed by atoms with E-state index in [1.54, 1.807) is 6.92 Å². The largest absolute Gasteiger partial charge is 0.368 e. The molecule has 0 aliphatic heterocycles. The predicted octanol–water partition coefficient (Wildman–Crippen LogP) is 0.271. The maximum Gasteiger partial charge on any atom is 0.151 e. The van der Waals surface area contributed by atoms with Crippen LogP contribution in [0.5, 0.6) is 0 Å². The first-order chi connectivity index (χ1) is 3.27. The van der Waals surface area contributed by atoms with Gasteiger partial charge in [-0.2, -0.15) is 12.6 Å². The highest BCUT2D eigenvalue weighted by atomic mass is 32.1. The third-order valence-corrected chi connectivity index (χ3v) is 0.633. The van der Waals surface area contributed by atoms with E-state index in [0.29, 0.717) is 12.4 Å². The molecule has 0 heterocycles. The van der Waals surface area contributed by atoms with Crippen molar-refractivity contribution in [1.29, 1.82) is 0 Å². The van der Waals surface area contributed by atoms with Crippen LogP contribution in [-0.2, 0) is 4.74 Å². The molecular weight excluding hydrogens is 112 g/mol. The summed E-state index contributed by atoms with van der Waals surface area (Å²) in [6.45, 7) is 2.09. The fourth-order valence-corrected chi connectivity index (χ4v) is 0.329. The Balaban J connectivity index is 2.68. The molecule has 0 amide bonds. The van der Waals surface area contributed by atoms with Gasteiger partial charge in [0.2, 0.25) is 0 Å². The van der Waals surface area contributed by atoms with E-state index in [4.69, 9.17) is 5.11 Å². The first kappa shape index (κ1) is 7.27. The molecule has 0 radical (unpaired) electrons. The van der Waals surface area contributed by atoms with Gasteiger partial charge in [-0.1, -0.05) is 0 Å². The van der Waals surface area contributed by atoms with Gasteiger partial charge in [-0.3, -0.25) is 0 Å². The third-order valence-electron chi connectivity index (χ3n) is 0.450. The summed E-state index contributed by atoms with van der Waals surface area (Å²) < 4.78 is 4.67. The van der Waals surface area contributed by atoms with E-state index in [1.165, 1.54) is 0 Å². The Bertz CT molecular complexity index is 38.7. The zero-order valence-electron chi connectivity index (χ0n) is 4.29. The fraction of sp³-hybridized carbons (Fsp3) is 1.00. The molecular formula is C4H10O2S. The average Bonchev–Trinajstić information content (AvgIpc) is 1.61. The molecule has 0 aliphatic carbocycles. The molecule has 2 nitrogen and oxygen atoms in total. The summed E-state index contributed by atoms with van der Waals surface area (Å²) in [5, 5.41) is 8.43. The zero-order valence-corrected chi connectivity index (χ0v) is 5.19. The van der Waals surface area contributed by atoms with E-state index >= 15 is 0 Å². The van der Waals surface area contributed by atoms with Crippen LogP contribution in [0.3, 0.4) is 0 Å². The second-order valence-corrected chi connectivity index (χ2v) is 1.64.